The van der Waals surface area contributed by atoms with Gasteiger partial charge in [-0.3, -0.25) is 14.5 Å². The van der Waals surface area contributed by atoms with Crippen molar-refractivity contribution in [2.24, 2.45) is 0 Å². The van der Waals surface area contributed by atoms with E-state index in [1.807, 2.05) is 39.4 Å². The molecule has 0 spiro atoms. The zero-order valence-electron chi connectivity index (χ0n) is 17.5. The molecule has 2 aliphatic rings. The van der Waals surface area contributed by atoms with Gasteiger partial charge in [-0.1, -0.05) is 24.3 Å². The highest BCUT2D eigenvalue weighted by atomic mass is 32.1. The van der Waals surface area contributed by atoms with Crippen molar-refractivity contribution in [3.63, 3.8) is 0 Å². The molecule has 2 aliphatic heterocycles. The fourth-order valence-corrected chi connectivity index (χ4v) is 5.04. The van der Waals surface area contributed by atoms with Gasteiger partial charge in [0, 0.05) is 62.5 Å². The molecule has 0 bridgehead atoms. The molecule has 6 nitrogen and oxygen atoms in total. The number of rotatable bonds is 4. The number of anilines is 1. The molecule has 1 atom stereocenters. The molecule has 1 unspecified atom stereocenters. The Morgan fingerprint density at radius 3 is 2.53 bits per heavy atom. The summed E-state index contributed by atoms with van der Waals surface area (Å²) in [6, 6.07) is 14.3. The van der Waals surface area contributed by atoms with E-state index in [2.05, 4.69) is 9.88 Å². The summed E-state index contributed by atoms with van der Waals surface area (Å²) in [6.07, 6.45) is 2.12. The summed E-state index contributed by atoms with van der Waals surface area (Å²) in [6.45, 7) is 3.41. The number of halogens is 1. The van der Waals surface area contributed by atoms with Crippen molar-refractivity contribution in [2.45, 2.75) is 12.5 Å². The van der Waals surface area contributed by atoms with E-state index in [0.717, 1.165) is 29.9 Å². The van der Waals surface area contributed by atoms with Gasteiger partial charge in [0.2, 0.25) is 5.91 Å². The molecule has 2 amide bonds. The lowest BCUT2D eigenvalue weighted by Gasteiger charge is -2.37. The number of nitrogens with zero attached hydrogens (tertiary/aromatic N) is 4. The molecular formula is C24H23FN4O2S. The molecule has 0 aliphatic carbocycles. The second kappa shape index (κ2) is 8.80. The van der Waals surface area contributed by atoms with Gasteiger partial charge in [0.05, 0.1) is 0 Å². The van der Waals surface area contributed by atoms with Crippen molar-refractivity contribution in [2.75, 3.05) is 37.6 Å². The second-order valence-corrected chi connectivity index (χ2v) is 8.98. The van der Waals surface area contributed by atoms with Crippen molar-refractivity contribution in [1.82, 2.24) is 14.8 Å². The molecule has 1 aromatic heterocycles. The topological polar surface area (TPSA) is 56.8 Å². The van der Waals surface area contributed by atoms with Gasteiger partial charge in [0.1, 0.15) is 5.82 Å². The SMILES string of the molecule is O=C(c1nccs1)N1CCN(C2CC(=O)N(c3cccc(-c4ccc(F)cc4)c3)C2)CC1. The van der Waals surface area contributed by atoms with Crippen LogP contribution in [0.1, 0.15) is 16.2 Å². The van der Waals surface area contributed by atoms with Gasteiger partial charge in [0.25, 0.3) is 5.91 Å². The molecule has 0 radical (unpaired) electrons. The predicted molar refractivity (Wildman–Crippen MR) is 122 cm³/mol. The van der Waals surface area contributed by atoms with Crippen LogP contribution in [0.4, 0.5) is 10.1 Å². The van der Waals surface area contributed by atoms with Gasteiger partial charge in [-0.2, -0.15) is 0 Å². The summed E-state index contributed by atoms with van der Waals surface area (Å²) in [5.74, 6) is -0.176. The number of thiazole rings is 1. The molecule has 0 N–H and O–H groups in total. The summed E-state index contributed by atoms with van der Waals surface area (Å²) in [4.78, 5) is 35.5. The number of piperazine rings is 1. The van der Waals surface area contributed by atoms with E-state index in [-0.39, 0.29) is 23.7 Å². The van der Waals surface area contributed by atoms with Crippen LogP contribution >= 0.6 is 11.3 Å². The molecule has 2 saturated heterocycles. The Kier molecular flexibility index (Phi) is 5.71. The minimum absolute atomic E-state index is 0.0126. The maximum absolute atomic E-state index is 13.3. The molecule has 5 rings (SSSR count). The fourth-order valence-electron chi connectivity index (χ4n) is 4.43. The third kappa shape index (κ3) is 4.16. The maximum Gasteiger partial charge on any atom is 0.282 e. The van der Waals surface area contributed by atoms with Gasteiger partial charge >= 0.3 is 0 Å². The molecule has 0 saturated carbocycles. The number of carbonyl (C=O) groups is 2. The highest BCUT2D eigenvalue weighted by Crippen LogP contribution is 2.29. The number of hydrogen-bond acceptors (Lipinski definition) is 5. The standard InChI is InChI=1S/C24H23FN4O2S/c25-19-6-4-17(5-7-19)18-2-1-3-20(14-18)29-16-21(15-22(29)30)27-9-11-28(12-10-27)24(31)23-26-8-13-32-23/h1-8,13-14,21H,9-12,15-16H2. The van der Waals surface area contributed by atoms with Crippen molar-refractivity contribution < 1.29 is 14.0 Å². The van der Waals surface area contributed by atoms with E-state index in [1.165, 1.54) is 23.5 Å². The number of hydrogen-bond donors (Lipinski definition) is 0. The second-order valence-electron chi connectivity index (χ2n) is 8.08. The highest BCUT2D eigenvalue weighted by Gasteiger charge is 2.36. The molecule has 2 fully saturated rings. The first kappa shape index (κ1) is 20.8. The van der Waals surface area contributed by atoms with Crippen molar-refractivity contribution in [3.8, 4) is 11.1 Å². The summed E-state index contributed by atoms with van der Waals surface area (Å²) < 4.78 is 13.3. The molecule has 164 valence electrons. The average molecular weight is 451 g/mol. The minimum atomic E-state index is -0.268. The molecule has 8 heteroatoms. The van der Waals surface area contributed by atoms with Crippen LogP contribution in [-0.2, 0) is 4.79 Å². The van der Waals surface area contributed by atoms with Gasteiger partial charge < -0.3 is 9.80 Å². The molecule has 3 heterocycles. The van der Waals surface area contributed by atoms with Crippen LogP contribution in [0, 0.1) is 5.82 Å². The van der Waals surface area contributed by atoms with Gasteiger partial charge in [-0.25, -0.2) is 9.37 Å². The number of aromatic nitrogens is 1. The Morgan fingerprint density at radius 1 is 1.03 bits per heavy atom. The van der Waals surface area contributed by atoms with Crippen molar-refractivity contribution in [1.29, 1.82) is 0 Å². The Balaban J connectivity index is 1.24. The van der Waals surface area contributed by atoms with E-state index in [1.54, 1.807) is 18.3 Å². The quantitative estimate of drug-likeness (QED) is 0.611. The normalized spacial score (nSPS) is 19.5. The largest absolute Gasteiger partial charge is 0.334 e. The average Bonchev–Trinajstić information content (AvgIpc) is 3.50. The number of carbonyl (C=O) groups excluding carboxylic acids is 2. The van der Waals surface area contributed by atoms with Crippen LogP contribution in [0.25, 0.3) is 11.1 Å². The van der Waals surface area contributed by atoms with Gasteiger partial charge in [-0.15, -0.1) is 11.3 Å². The zero-order chi connectivity index (χ0) is 22.1. The van der Waals surface area contributed by atoms with E-state index in [9.17, 15) is 14.0 Å². The van der Waals surface area contributed by atoms with E-state index in [4.69, 9.17) is 0 Å². The van der Waals surface area contributed by atoms with Crippen LogP contribution in [0.3, 0.4) is 0 Å². The van der Waals surface area contributed by atoms with Crippen LogP contribution in [-0.4, -0.2) is 65.4 Å². The lowest BCUT2D eigenvalue weighted by molar-refractivity contribution is -0.117. The van der Waals surface area contributed by atoms with Gasteiger partial charge in [-0.05, 0) is 35.4 Å². The minimum Gasteiger partial charge on any atom is -0.334 e. The van der Waals surface area contributed by atoms with Crippen LogP contribution in [0.15, 0.2) is 60.1 Å². The maximum atomic E-state index is 13.3. The smallest absolute Gasteiger partial charge is 0.282 e. The molecule has 32 heavy (non-hydrogen) atoms. The summed E-state index contributed by atoms with van der Waals surface area (Å²) in [7, 11) is 0. The van der Waals surface area contributed by atoms with Crippen LogP contribution in [0.2, 0.25) is 0 Å². The first-order valence-electron chi connectivity index (χ1n) is 10.7. The Bertz CT molecular complexity index is 1110. The first-order chi connectivity index (χ1) is 15.6. The van der Waals surface area contributed by atoms with Crippen molar-refractivity contribution in [3.05, 3.63) is 70.9 Å². The van der Waals surface area contributed by atoms with Crippen LogP contribution in [0.5, 0.6) is 0 Å². The number of benzene rings is 2. The predicted octanol–water partition coefficient (Wildman–Crippen LogP) is 3.51. The lowest BCUT2D eigenvalue weighted by atomic mass is 10.0. The summed E-state index contributed by atoms with van der Waals surface area (Å²) >= 11 is 1.36. The van der Waals surface area contributed by atoms with Crippen LogP contribution < -0.4 is 4.90 Å². The third-order valence-electron chi connectivity index (χ3n) is 6.17. The molecular weight excluding hydrogens is 427 g/mol. The van der Waals surface area contributed by atoms with E-state index in [0.29, 0.717) is 31.1 Å². The van der Waals surface area contributed by atoms with E-state index >= 15 is 0 Å². The van der Waals surface area contributed by atoms with Gasteiger partial charge in [0.15, 0.2) is 5.01 Å². The fraction of sp³-hybridized carbons (Fsp3) is 0.292. The highest BCUT2D eigenvalue weighted by molar-refractivity contribution is 7.11. The summed E-state index contributed by atoms with van der Waals surface area (Å²) in [5.41, 5.74) is 2.72. The molecule has 3 aromatic rings. The summed E-state index contributed by atoms with van der Waals surface area (Å²) in [5, 5.41) is 2.34. The lowest BCUT2D eigenvalue weighted by Crippen LogP contribution is -2.52. The zero-order valence-corrected chi connectivity index (χ0v) is 18.3. The molecule has 2 aromatic carbocycles. The Hall–Kier alpha value is -3.10. The first-order valence-corrected chi connectivity index (χ1v) is 11.6. The number of amides is 2. The Labute approximate surface area is 189 Å². The monoisotopic (exact) mass is 450 g/mol. The van der Waals surface area contributed by atoms with E-state index < -0.39 is 0 Å². The van der Waals surface area contributed by atoms with Crippen molar-refractivity contribution >= 4 is 28.8 Å². The Morgan fingerprint density at radius 2 is 1.81 bits per heavy atom. The third-order valence-corrected chi connectivity index (χ3v) is 6.93.